The van der Waals surface area contributed by atoms with E-state index in [0.29, 0.717) is 17.9 Å². The minimum Gasteiger partial charge on any atom is -0.355 e. The van der Waals surface area contributed by atoms with Gasteiger partial charge in [-0.3, -0.25) is 4.79 Å². The fraction of sp³-hybridized carbons (Fsp3) is 0.923. The Kier molecular flexibility index (Phi) is 4.74. The average molecular weight is 256 g/mol. The molecule has 98 valence electrons. The van der Waals surface area contributed by atoms with Gasteiger partial charge in [-0.25, -0.2) is 0 Å². The Morgan fingerprint density at radius 3 is 2.94 bits per heavy atom. The van der Waals surface area contributed by atoms with E-state index in [4.69, 9.17) is 0 Å². The first kappa shape index (κ1) is 13.2. The predicted octanol–water partition coefficient (Wildman–Crippen LogP) is 1.78. The molecule has 2 fully saturated rings. The van der Waals surface area contributed by atoms with Gasteiger partial charge < -0.3 is 10.6 Å². The fourth-order valence-corrected chi connectivity index (χ4v) is 3.50. The maximum Gasteiger partial charge on any atom is 0.221 e. The van der Waals surface area contributed by atoms with E-state index in [0.717, 1.165) is 18.8 Å². The summed E-state index contributed by atoms with van der Waals surface area (Å²) in [5, 5.41) is 6.54. The van der Waals surface area contributed by atoms with Crippen LogP contribution >= 0.6 is 11.8 Å². The van der Waals surface area contributed by atoms with E-state index in [1.54, 1.807) is 0 Å². The Balaban J connectivity index is 1.63. The zero-order chi connectivity index (χ0) is 12.1. The van der Waals surface area contributed by atoms with Gasteiger partial charge in [-0.2, -0.15) is 11.8 Å². The molecule has 1 amide bonds. The van der Waals surface area contributed by atoms with Gasteiger partial charge >= 0.3 is 0 Å². The van der Waals surface area contributed by atoms with Crippen molar-refractivity contribution in [3.63, 3.8) is 0 Å². The van der Waals surface area contributed by atoms with E-state index >= 15 is 0 Å². The molecule has 2 rings (SSSR count). The van der Waals surface area contributed by atoms with Crippen molar-refractivity contribution >= 4 is 17.7 Å². The lowest BCUT2D eigenvalue weighted by Gasteiger charge is -2.23. The average Bonchev–Trinajstić information content (AvgIpc) is 3.09. The van der Waals surface area contributed by atoms with Crippen LogP contribution in [0.15, 0.2) is 0 Å². The molecule has 3 nitrogen and oxygen atoms in total. The highest BCUT2D eigenvalue weighted by Crippen LogP contribution is 2.48. The quantitative estimate of drug-likeness (QED) is 0.761. The smallest absolute Gasteiger partial charge is 0.221 e. The Hall–Kier alpha value is -0.220. The maximum atomic E-state index is 11.8. The first-order chi connectivity index (χ1) is 8.24. The second-order valence-electron chi connectivity index (χ2n) is 5.46. The number of thioether (sulfide) groups is 1. The lowest BCUT2D eigenvalue weighted by Crippen LogP contribution is -2.42. The SMILES string of the molecule is CCCC1(CNC(=O)CC2CSCCN2)CC1. The molecule has 1 atom stereocenters. The molecule has 0 spiro atoms. The number of carbonyl (C=O) groups is 1. The van der Waals surface area contributed by atoms with Crippen LogP contribution in [0, 0.1) is 5.41 Å². The van der Waals surface area contributed by atoms with Crippen molar-refractivity contribution in [2.24, 2.45) is 5.41 Å². The molecule has 2 N–H and O–H groups in total. The van der Waals surface area contributed by atoms with Crippen LogP contribution in [0.1, 0.15) is 39.0 Å². The summed E-state index contributed by atoms with van der Waals surface area (Å²) < 4.78 is 0. The second kappa shape index (κ2) is 6.10. The van der Waals surface area contributed by atoms with Gasteiger partial charge in [-0.1, -0.05) is 13.3 Å². The molecule has 1 saturated carbocycles. The number of hydrogen-bond acceptors (Lipinski definition) is 3. The third-order valence-corrected chi connectivity index (χ3v) is 4.96. The highest BCUT2D eigenvalue weighted by atomic mass is 32.2. The van der Waals surface area contributed by atoms with E-state index in [2.05, 4.69) is 17.6 Å². The minimum absolute atomic E-state index is 0.229. The number of hydrogen-bond donors (Lipinski definition) is 2. The predicted molar refractivity (Wildman–Crippen MR) is 73.3 cm³/mol. The Morgan fingerprint density at radius 1 is 1.53 bits per heavy atom. The summed E-state index contributed by atoms with van der Waals surface area (Å²) in [7, 11) is 0. The van der Waals surface area contributed by atoms with Crippen molar-refractivity contribution in [3.05, 3.63) is 0 Å². The zero-order valence-electron chi connectivity index (χ0n) is 10.8. The van der Waals surface area contributed by atoms with Crippen LogP contribution in [-0.2, 0) is 4.79 Å². The van der Waals surface area contributed by atoms with Crippen molar-refractivity contribution < 1.29 is 4.79 Å². The normalized spacial score (nSPS) is 26.5. The van der Waals surface area contributed by atoms with E-state index < -0.39 is 0 Å². The van der Waals surface area contributed by atoms with Crippen LogP contribution in [0.2, 0.25) is 0 Å². The lowest BCUT2D eigenvalue weighted by atomic mass is 10.0. The molecule has 1 saturated heterocycles. The van der Waals surface area contributed by atoms with Gasteiger partial charge in [0, 0.05) is 37.1 Å². The summed E-state index contributed by atoms with van der Waals surface area (Å²) in [5.41, 5.74) is 0.471. The molecule has 4 heteroatoms. The number of rotatable bonds is 6. The van der Waals surface area contributed by atoms with Crippen LogP contribution in [0.4, 0.5) is 0 Å². The summed E-state index contributed by atoms with van der Waals surface area (Å²) in [4.78, 5) is 11.8. The molecule has 0 bridgehead atoms. The van der Waals surface area contributed by atoms with Gasteiger partial charge in [0.25, 0.3) is 0 Å². The van der Waals surface area contributed by atoms with E-state index in [1.165, 1.54) is 31.4 Å². The third-order valence-electron chi connectivity index (χ3n) is 3.83. The molecule has 17 heavy (non-hydrogen) atoms. The fourth-order valence-electron chi connectivity index (χ4n) is 2.56. The van der Waals surface area contributed by atoms with Crippen molar-refractivity contribution in [3.8, 4) is 0 Å². The Morgan fingerprint density at radius 2 is 2.35 bits per heavy atom. The van der Waals surface area contributed by atoms with Crippen LogP contribution in [0.25, 0.3) is 0 Å². The van der Waals surface area contributed by atoms with Crippen LogP contribution in [0.5, 0.6) is 0 Å². The highest BCUT2D eigenvalue weighted by molar-refractivity contribution is 7.99. The third kappa shape index (κ3) is 4.18. The van der Waals surface area contributed by atoms with Gasteiger partial charge in [-0.15, -0.1) is 0 Å². The van der Waals surface area contributed by atoms with Crippen molar-refractivity contribution in [2.45, 2.75) is 45.1 Å². The first-order valence-electron chi connectivity index (χ1n) is 6.82. The van der Waals surface area contributed by atoms with Crippen molar-refractivity contribution in [1.82, 2.24) is 10.6 Å². The molecule has 1 aliphatic carbocycles. The zero-order valence-corrected chi connectivity index (χ0v) is 11.6. The lowest BCUT2D eigenvalue weighted by molar-refractivity contribution is -0.121. The van der Waals surface area contributed by atoms with Gasteiger partial charge in [-0.05, 0) is 24.7 Å². The first-order valence-corrected chi connectivity index (χ1v) is 7.97. The molecular weight excluding hydrogens is 232 g/mol. The molecule has 0 aromatic heterocycles. The van der Waals surface area contributed by atoms with Gasteiger partial charge in [0.15, 0.2) is 0 Å². The van der Waals surface area contributed by atoms with Crippen molar-refractivity contribution in [2.75, 3.05) is 24.6 Å². The number of carbonyl (C=O) groups excluding carboxylic acids is 1. The molecule has 0 aromatic rings. The second-order valence-corrected chi connectivity index (χ2v) is 6.61. The standard InChI is InChI=1S/C13H24N2OS/c1-2-3-13(4-5-13)10-15-12(16)8-11-9-17-7-6-14-11/h11,14H,2-10H2,1H3,(H,15,16). The molecule has 1 aliphatic heterocycles. The van der Waals surface area contributed by atoms with Crippen LogP contribution in [0.3, 0.4) is 0 Å². The highest BCUT2D eigenvalue weighted by Gasteiger charge is 2.41. The summed E-state index contributed by atoms with van der Waals surface area (Å²) in [6.45, 7) is 4.17. The van der Waals surface area contributed by atoms with E-state index in [9.17, 15) is 4.79 Å². The molecule has 2 aliphatic rings. The van der Waals surface area contributed by atoms with Crippen LogP contribution in [-0.4, -0.2) is 36.5 Å². The minimum atomic E-state index is 0.229. The summed E-state index contributed by atoms with van der Waals surface area (Å²) in [5.74, 6) is 2.48. The largest absolute Gasteiger partial charge is 0.355 e. The van der Waals surface area contributed by atoms with Gasteiger partial charge in [0.1, 0.15) is 0 Å². The number of amides is 1. The molecule has 0 radical (unpaired) electrons. The molecular formula is C13H24N2OS. The molecule has 0 aromatic carbocycles. The monoisotopic (exact) mass is 256 g/mol. The van der Waals surface area contributed by atoms with Gasteiger partial charge in [0.2, 0.25) is 5.91 Å². The summed E-state index contributed by atoms with van der Waals surface area (Å²) in [6.07, 6.45) is 5.76. The number of nitrogens with one attached hydrogen (secondary N) is 2. The van der Waals surface area contributed by atoms with Crippen molar-refractivity contribution in [1.29, 1.82) is 0 Å². The van der Waals surface area contributed by atoms with Crippen LogP contribution < -0.4 is 10.6 Å². The topological polar surface area (TPSA) is 41.1 Å². The van der Waals surface area contributed by atoms with E-state index in [1.807, 2.05) is 11.8 Å². The summed E-state index contributed by atoms with van der Waals surface area (Å²) in [6, 6.07) is 0.384. The van der Waals surface area contributed by atoms with E-state index in [-0.39, 0.29) is 5.91 Å². The maximum absolute atomic E-state index is 11.8. The molecule has 1 heterocycles. The Labute approximate surface area is 108 Å². The Bertz CT molecular complexity index is 260. The molecule has 1 unspecified atom stereocenters. The summed E-state index contributed by atoms with van der Waals surface area (Å²) >= 11 is 1.95. The van der Waals surface area contributed by atoms with Gasteiger partial charge in [0.05, 0.1) is 0 Å².